The zero-order valence-electron chi connectivity index (χ0n) is 15.4. The van der Waals surface area contributed by atoms with Gasteiger partial charge in [0.15, 0.2) is 5.69 Å². The van der Waals surface area contributed by atoms with Crippen LogP contribution in [0.4, 0.5) is 11.4 Å². The zero-order valence-corrected chi connectivity index (χ0v) is 16.2. The molecular weight excluding hydrogens is 362 g/mol. The number of benzene rings is 1. The highest BCUT2D eigenvalue weighted by Gasteiger charge is 2.18. The van der Waals surface area contributed by atoms with Gasteiger partial charge < -0.3 is 15.1 Å². The van der Waals surface area contributed by atoms with Gasteiger partial charge >= 0.3 is 0 Å². The van der Waals surface area contributed by atoms with Gasteiger partial charge in [-0.25, -0.2) is 4.98 Å². The van der Waals surface area contributed by atoms with Crippen molar-refractivity contribution in [2.24, 2.45) is 5.92 Å². The molecule has 0 aliphatic rings. The van der Waals surface area contributed by atoms with Gasteiger partial charge in [0.05, 0.1) is 4.88 Å². The molecule has 0 spiro atoms. The molecule has 3 aromatic rings. The van der Waals surface area contributed by atoms with Crippen LogP contribution >= 0.6 is 11.3 Å². The monoisotopic (exact) mass is 383 g/mol. The number of hydrogen-bond acceptors (Lipinski definition) is 5. The van der Waals surface area contributed by atoms with Crippen molar-refractivity contribution in [3.63, 3.8) is 0 Å². The average molecular weight is 383 g/mol. The number of hydrogen-bond donors (Lipinski definition) is 2. The van der Waals surface area contributed by atoms with Crippen molar-refractivity contribution in [2.45, 2.75) is 27.2 Å². The predicted octanol–water partition coefficient (Wildman–Crippen LogP) is 4.95. The van der Waals surface area contributed by atoms with E-state index in [1.54, 1.807) is 31.2 Å². The Kier molecular flexibility index (Phi) is 5.71. The molecule has 27 heavy (non-hydrogen) atoms. The molecule has 0 unspecified atom stereocenters. The molecule has 1 aromatic carbocycles. The summed E-state index contributed by atoms with van der Waals surface area (Å²) in [5.74, 6) is 0.842. The third-order valence-electron chi connectivity index (χ3n) is 3.76. The molecule has 0 saturated carbocycles. The molecule has 2 heterocycles. The Hall–Kier alpha value is -2.93. The van der Waals surface area contributed by atoms with E-state index in [1.807, 2.05) is 31.4 Å². The van der Waals surface area contributed by atoms with Crippen LogP contribution in [0.25, 0.3) is 10.8 Å². The Bertz CT molecular complexity index is 928. The summed E-state index contributed by atoms with van der Waals surface area (Å²) in [5, 5.41) is 7.56. The van der Waals surface area contributed by atoms with E-state index in [-0.39, 0.29) is 17.5 Å². The largest absolute Gasteiger partial charge is 0.440 e. The quantitative estimate of drug-likeness (QED) is 0.631. The van der Waals surface area contributed by atoms with Crippen LogP contribution in [0.1, 0.15) is 36.5 Å². The zero-order chi connectivity index (χ0) is 19.4. The van der Waals surface area contributed by atoms with Crippen LogP contribution in [0.3, 0.4) is 0 Å². The van der Waals surface area contributed by atoms with Gasteiger partial charge in [-0.2, -0.15) is 0 Å². The number of nitrogens with one attached hydrogen (secondary N) is 2. The molecule has 2 aromatic heterocycles. The lowest BCUT2D eigenvalue weighted by Gasteiger charge is -2.08. The summed E-state index contributed by atoms with van der Waals surface area (Å²) in [5.41, 5.74) is 1.56. The van der Waals surface area contributed by atoms with Crippen LogP contribution in [0.2, 0.25) is 0 Å². The van der Waals surface area contributed by atoms with E-state index in [0.29, 0.717) is 35.4 Å². The number of carbonyl (C=O) groups is 2. The first-order valence-corrected chi connectivity index (χ1v) is 9.53. The normalized spacial score (nSPS) is 10.8. The molecule has 140 valence electrons. The molecule has 0 aliphatic heterocycles. The summed E-state index contributed by atoms with van der Waals surface area (Å²) in [6, 6.07) is 10.8. The third kappa shape index (κ3) is 4.83. The Morgan fingerprint density at radius 3 is 2.37 bits per heavy atom. The maximum atomic E-state index is 12.5. The second-order valence-electron chi connectivity index (χ2n) is 6.58. The van der Waals surface area contributed by atoms with Crippen LogP contribution in [0.5, 0.6) is 0 Å². The number of anilines is 2. The molecule has 0 saturated heterocycles. The van der Waals surface area contributed by atoms with Crippen LogP contribution in [0.15, 0.2) is 46.2 Å². The van der Waals surface area contributed by atoms with Crippen molar-refractivity contribution in [1.82, 2.24) is 4.98 Å². The Morgan fingerprint density at radius 2 is 1.78 bits per heavy atom. The Balaban J connectivity index is 1.65. The first-order valence-electron chi connectivity index (χ1n) is 8.65. The van der Waals surface area contributed by atoms with Crippen LogP contribution in [-0.4, -0.2) is 16.8 Å². The standard InChI is InChI=1S/C20H21N3O3S/c1-12(2)11-17(24)21-14-6-8-15(9-7-14)22-19(25)18-13(3)26-20(23-18)16-5-4-10-27-16/h4-10,12H,11H2,1-3H3,(H,21,24)(H,22,25). The van der Waals surface area contributed by atoms with Crippen molar-refractivity contribution < 1.29 is 14.0 Å². The van der Waals surface area contributed by atoms with E-state index in [4.69, 9.17) is 4.42 Å². The number of aryl methyl sites for hydroxylation is 1. The topological polar surface area (TPSA) is 84.2 Å². The maximum Gasteiger partial charge on any atom is 0.277 e. The van der Waals surface area contributed by atoms with E-state index in [2.05, 4.69) is 15.6 Å². The molecule has 0 atom stereocenters. The first-order chi connectivity index (χ1) is 12.9. The summed E-state index contributed by atoms with van der Waals surface area (Å²) in [4.78, 5) is 29.5. The molecule has 0 bridgehead atoms. The number of aromatic nitrogens is 1. The van der Waals surface area contributed by atoms with Crippen molar-refractivity contribution in [3.8, 4) is 10.8 Å². The van der Waals surface area contributed by atoms with Gasteiger partial charge in [0.2, 0.25) is 11.8 Å². The van der Waals surface area contributed by atoms with Crippen LogP contribution in [-0.2, 0) is 4.79 Å². The highest BCUT2D eigenvalue weighted by molar-refractivity contribution is 7.13. The Morgan fingerprint density at radius 1 is 1.11 bits per heavy atom. The summed E-state index contributed by atoms with van der Waals surface area (Å²) in [6.07, 6.45) is 0.469. The van der Waals surface area contributed by atoms with E-state index in [1.165, 1.54) is 11.3 Å². The van der Waals surface area contributed by atoms with Gasteiger partial charge in [-0.3, -0.25) is 9.59 Å². The first kappa shape index (κ1) is 18.8. The van der Waals surface area contributed by atoms with E-state index < -0.39 is 0 Å². The summed E-state index contributed by atoms with van der Waals surface area (Å²) < 4.78 is 5.60. The fourth-order valence-electron chi connectivity index (χ4n) is 2.52. The molecule has 6 nitrogen and oxygen atoms in total. The molecule has 2 amide bonds. The lowest BCUT2D eigenvalue weighted by atomic mass is 10.1. The minimum atomic E-state index is -0.337. The van der Waals surface area contributed by atoms with Crippen molar-refractivity contribution in [3.05, 3.63) is 53.2 Å². The van der Waals surface area contributed by atoms with Crippen molar-refractivity contribution in [2.75, 3.05) is 10.6 Å². The average Bonchev–Trinajstić information content (AvgIpc) is 3.25. The molecule has 3 rings (SSSR count). The number of rotatable bonds is 6. The summed E-state index contributed by atoms with van der Waals surface area (Å²) in [6.45, 7) is 5.70. The van der Waals surface area contributed by atoms with Gasteiger partial charge in [-0.05, 0) is 48.6 Å². The number of nitrogens with zero attached hydrogens (tertiary/aromatic N) is 1. The molecule has 0 fully saturated rings. The molecule has 0 aliphatic carbocycles. The number of amides is 2. The number of carbonyl (C=O) groups excluding carboxylic acids is 2. The van der Waals surface area contributed by atoms with Crippen molar-refractivity contribution in [1.29, 1.82) is 0 Å². The van der Waals surface area contributed by atoms with Gasteiger partial charge in [0, 0.05) is 17.8 Å². The smallest absolute Gasteiger partial charge is 0.277 e. The van der Waals surface area contributed by atoms with Crippen LogP contribution in [0, 0.1) is 12.8 Å². The second kappa shape index (κ2) is 8.18. The minimum absolute atomic E-state index is 0.0267. The van der Waals surface area contributed by atoms with Crippen LogP contribution < -0.4 is 10.6 Å². The Labute approximate surface area is 161 Å². The fraction of sp³-hybridized carbons (Fsp3) is 0.250. The van der Waals surface area contributed by atoms with Gasteiger partial charge in [-0.15, -0.1) is 11.3 Å². The van der Waals surface area contributed by atoms with E-state index in [0.717, 1.165) is 4.88 Å². The second-order valence-corrected chi connectivity index (χ2v) is 7.53. The summed E-state index contributed by atoms with van der Waals surface area (Å²) >= 11 is 1.50. The highest BCUT2D eigenvalue weighted by atomic mass is 32.1. The van der Waals surface area contributed by atoms with E-state index >= 15 is 0 Å². The lowest BCUT2D eigenvalue weighted by molar-refractivity contribution is -0.116. The van der Waals surface area contributed by atoms with Gasteiger partial charge in [0.1, 0.15) is 5.76 Å². The summed E-state index contributed by atoms with van der Waals surface area (Å²) in [7, 11) is 0. The number of thiophene rings is 1. The SMILES string of the molecule is Cc1oc(-c2cccs2)nc1C(=O)Nc1ccc(NC(=O)CC(C)C)cc1. The van der Waals surface area contributed by atoms with Crippen molar-refractivity contribution >= 4 is 34.5 Å². The molecule has 2 N–H and O–H groups in total. The number of oxazole rings is 1. The molecule has 0 radical (unpaired) electrons. The molecular formula is C20H21N3O3S. The molecule has 7 heteroatoms. The predicted molar refractivity (Wildman–Crippen MR) is 107 cm³/mol. The van der Waals surface area contributed by atoms with E-state index in [9.17, 15) is 9.59 Å². The third-order valence-corrected chi connectivity index (χ3v) is 4.62. The maximum absolute atomic E-state index is 12.5. The van der Waals surface area contributed by atoms with Gasteiger partial charge in [-0.1, -0.05) is 19.9 Å². The lowest BCUT2D eigenvalue weighted by Crippen LogP contribution is -2.15. The fourth-order valence-corrected chi connectivity index (χ4v) is 3.17. The van der Waals surface area contributed by atoms with Gasteiger partial charge in [0.25, 0.3) is 5.91 Å². The highest BCUT2D eigenvalue weighted by Crippen LogP contribution is 2.26. The minimum Gasteiger partial charge on any atom is -0.440 e.